The summed E-state index contributed by atoms with van der Waals surface area (Å²) < 4.78 is 102. The summed E-state index contributed by atoms with van der Waals surface area (Å²) in [7, 11) is 0. The van der Waals surface area contributed by atoms with Gasteiger partial charge in [-0.25, -0.2) is 8.78 Å². The summed E-state index contributed by atoms with van der Waals surface area (Å²) in [6.07, 6.45) is -17.8. The quantitative estimate of drug-likeness (QED) is 0.387. The molecule has 0 aliphatic rings. The van der Waals surface area contributed by atoms with Gasteiger partial charge in [-0.1, -0.05) is 13.8 Å². The van der Waals surface area contributed by atoms with Gasteiger partial charge in [0.1, 0.15) is 5.76 Å². The van der Waals surface area contributed by atoms with Crippen LogP contribution in [0.1, 0.15) is 33.1 Å². The van der Waals surface area contributed by atoms with Crippen LogP contribution in [0.25, 0.3) is 0 Å². The Labute approximate surface area is 127 Å². The third-order valence-electron chi connectivity index (χ3n) is 3.57. The zero-order chi connectivity index (χ0) is 18.6. The zero-order valence-corrected chi connectivity index (χ0v) is 12.2. The molecule has 0 saturated heterocycles. The van der Waals surface area contributed by atoms with Crippen molar-refractivity contribution in [3.63, 3.8) is 0 Å². The van der Waals surface area contributed by atoms with Gasteiger partial charge < -0.3 is 5.11 Å². The topological polar surface area (TPSA) is 37.3 Å². The lowest BCUT2D eigenvalue weighted by atomic mass is 9.80. The van der Waals surface area contributed by atoms with Gasteiger partial charge in [0.25, 0.3) is 0 Å². The Morgan fingerprint density at radius 3 is 1.74 bits per heavy atom. The second kappa shape index (κ2) is 7.48. The predicted molar refractivity (Wildman–Crippen MR) is 65.0 cm³/mol. The molecule has 0 heterocycles. The molecule has 23 heavy (non-hydrogen) atoms. The molecule has 10 heteroatoms. The van der Waals surface area contributed by atoms with Crippen LogP contribution in [0.15, 0.2) is 11.8 Å². The molecule has 0 aromatic heterocycles. The third-order valence-corrected chi connectivity index (χ3v) is 3.57. The predicted octanol–water partition coefficient (Wildman–Crippen LogP) is 5.20. The van der Waals surface area contributed by atoms with E-state index in [1.165, 1.54) is 6.92 Å². The number of ketones is 1. The lowest BCUT2D eigenvalue weighted by Crippen LogP contribution is -2.51. The molecule has 0 aromatic carbocycles. The number of carbonyl (C=O) groups excluding carboxylic acids is 1. The number of allylic oxidation sites excluding steroid dienone is 2. The van der Waals surface area contributed by atoms with Crippen LogP contribution in [0.4, 0.5) is 35.1 Å². The minimum Gasteiger partial charge on any atom is -0.511 e. The fourth-order valence-corrected chi connectivity index (χ4v) is 2.11. The van der Waals surface area contributed by atoms with E-state index in [0.29, 0.717) is 6.92 Å². The van der Waals surface area contributed by atoms with Gasteiger partial charge in [0.15, 0.2) is 5.78 Å². The van der Waals surface area contributed by atoms with Crippen LogP contribution < -0.4 is 0 Å². The Bertz CT molecular complexity index is 422. The Kier molecular flexibility index (Phi) is 7.04. The van der Waals surface area contributed by atoms with E-state index in [9.17, 15) is 45.0 Å². The molecule has 0 aliphatic heterocycles. The molecule has 0 bridgehead atoms. The van der Waals surface area contributed by atoms with Crippen molar-refractivity contribution in [2.45, 2.75) is 51.9 Å². The highest BCUT2D eigenvalue weighted by Crippen LogP contribution is 2.56. The van der Waals surface area contributed by atoms with Gasteiger partial charge in [0, 0.05) is 18.4 Å². The van der Waals surface area contributed by atoms with Crippen LogP contribution in [0.3, 0.4) is 0 Å². The highest BCUT2D eigenvalue weighted by Gasteiger charge is 2.72. The molecule has 0 aliphatic carbocycles. The molecule has 1 N–H and O–H groups in total. The summed E-state index contributed by atoms with van der Waals surface area (Å²) in [6, 6.07) is 0. The average molecular weight is 356 g/mol. The molecule has 0 spiro atoms. The molecule has 1 atom stereocenters. The summed E-state index contributed by atoms with van der Waals surface area (Å²) in [5, 5.41) is 9.39. The summed E-state index contributed by atoms with van der Waals surface area (Å²) in [5.74, 6) is -5.12. The van der Waals surface area contributed by atoms with Crippen molar-refractivity contribution in [2.75, 3.05) is 0 Å². The molecule has 0 fully saturated rings. The van der Waals surface area contributed by atoms with Crippen molar-refractivity contribution in [1.29, 1.82) is 0 Å². The van der Waals surface area contributed by atoms with Crippen LogP contribution >= 0.6 is 0 Å². The first kappa shape index (κ1) is 21.6. The van der Waals surface area contributed by atoms with E-state index in [1.54, 1.807) is 0 Å². The maximum Gasteiger partial charge on any atom is 0.410 e. The highest BCUT2D eigenvalue weighted by atomic mass is 19.4. The number of carbonyl (C=O) groups is 1. The van der Waals surface area contributed by atoms with Crippen LogP contribution in [0.5, 0.6) is 0 Å². The Hall–Kier alpha value is -1.35. The molecule has 0 amide bonds. The molecule has 0 radical (unpaired) electrons. The van der Waals surface area contributed by atoms with Gasteiger partial charge in [-0.3, -0.25) is 4.79 Å². The maximum absolute atomic E-state index is 12.9. The van der Waals surface area contributed by atoms with Crippen molar-refractivity contribution in [3.8, 4) is 0 Å². The zero-order valence-electron chi connectivity index (χ0n) is 12.2. The largest absolute Gasteiger partial charge is 0.511 e. The van der Waals surface area contributed by atoms with Crippen molar-refractivity contribution < 1.29 is 45.0 Å². The molecule has 0 aromatic rings. The van der Waals surface area contributed by atoms with E-state index in [-0.39, 0.29) is 12.5 Å². The normalized spacial score (nSPS) is 15.9. The van der Waals surface area contributed by atoms with Crippen molar-refractivity contribution >= 4 is 5.78 Å². The van der Waals surface area contributed by atoms with E-state index in [0.717, 1.165) is 0 Å². The van der Waals surface area contributed by atoms with Crippen LogP contribution in [-0.4, -0.2) is 29.7 Å². The van der Waals surface area contributed by atoms with Crippen molar-refractivity contribution in [3.05, 3.63) is 11.8 Å². The minimum absolute atomic E-state index is 0.218. The number of halogens is 8. The standard InChI is InChI=1S/C13H16F8O2/c1-3-7(5-10(14)15)8(22)6-9(23)11(4-2,12(16,17)18)13(19,20)21/h6-7,10,23H,3-5H2,1-2H3/b9-6-. The van der Waals surface area contributed by atoms with Crippen LogP contribution in [0, 0.1) is 11.3 Å². The van der Waals surface area contributed by atoms with Gasteiger partial charge >= 0.3 is 12.4 Å². The summed E-state index contributed by atoms with van der Waals surface area (Å²) >= 11 is 0. The molecule has 1 unspecified atom stereocenters. The first-order valence-corrected chi connectivity index (χ1v) is 6.61. The maximum atomic E-state index is 12.9. The number of aliphatic hydroxyl groups excluding tert-OH is 1. The monoisotopic (exact) mass is 356 g/mol. The molecule has 2 nitrogen and oxygen atoms in total. The van der Waals surface area contributed by atoms with Crippen LogP contribution in [0.2, 0.25) is 0 Å². The number of hydrogen-bond acceptors (Lipinski definition) is 2. The van der Waals surface area contributed by atoms with E-state index in [4.69, 9.17) is 0 Å². The lowest BCUT2D eigenvalue weighted by molar-refractivity contribution is -0.334. The summed E-state index contributed by atoms with van der Waals surface area (Å²) in [4.78, 5) is 11.6. The number of aliphatic hydroxyl groups is 1. The van der Waals surface area contributed by atoms with Gasteiger partial charge in [-0.15, -0.1) is 0 Å². The SMILES string of the molecule is CCC(CC(F)F)C(=O)/C=C(\O)C(CC)(C(F)(F)F)C(F)(F)F. The number of alkyl halides is 8. The summed E-state index contributed by atoms with van der Waals surface area (Å²) in [6.45, 7) is 1.82. The Morgan fingerprint density at radius 2 is 1.48 bits per heavy atom. The first-order chi connectivity index (χ1) is 10.2. The fourth-order valence-electron chi connectivity index (χ4n) is 2.11. The number of rotatable bonds is 7. The van der Waals surface area contributed by atoms with E-state index in [2.05, 4.69) is 0 Å². The van der Waals surface area contributed by atoms with Crippen molar-refractivity contribution in [1.82, 2.24) is 0 Å². The lowest BCUT2D eigenvalue weighted by Gasteiger charge is -2.35. The molecule has 0 saturated carbocycles. The molecular weight excluding hydrogens is 340 g/mol. The second-order valence-corrected chi connectivity index (χ2v) is 4.92. The van der Waals surface area contributed by atoms with E-state index in [1.807, 2.05) is 0 Å². The summed E-state index contributed by atoms with van der Waals surface area (Å²) in [5.41, 5.74) is -4.61. The van der Waals surface area contributed by atoms with Gasteiger partial charge in [-0.05, 0) is 12.8 Å². The number of hydrogen-bond donors (Lipinski definition) is 1. The van der Waals surface area contributed by atoms with Gasteiger partial charge in [0.05, 0.1) is 0 Å². The Morgan fingerprint density at radius 1 is 1.04 bits per heavy atom. The fraction of sp³-hybridized carbons (Fsp3) is 0.769. The van der Waals surface area contributed by atoms with Crippen molar-refractivity contribution in [2.24, 2.45) is 11.3 Å². The molecular formula is C13H16F8O2. The second-order valence-electron chi connectivity index (χ2n) is 4.92. The smallest absolute Gasteiger partial charge is 0.410 e. The van der Waals surface area contributed by atoms with Gasteiger partial charge in [0.2, 0.25) is 11.8 Å². The minimum atomic E-state index is -5.91. The Balaban J connectivity index is 5.89. The molecule has 136 valence electrons. The first-order valence-electron chi connectivity index (χ1n) is 6.61. The van der Waals surface area contributed by atoms with Gasteiger partial charge in [-0.2, -0.15) is 26.3 Å². The van der Waals surface area contributed by atoms with E-state index < -0.39 is 54.5 Å². The van der Waals surface area contributed by atoms with E-state index >= 15 is 0 Å². The highest BCUT2D eigenvalue weighted by molar-refractivity contribution is 5.92. The molecule has 0 rings (SSSR count). The third kappa shape index (κ3) is 4.57. The van der Waals surface area contributed by atoms with Crippen LogP contribution in [-0.2, 0) is 4.79 Å². The average Bonchev–Trinajstić information content (AvgIpc) is 2.33.